The van der Waals surface area contributed by atoms with Gasteiger partial charge in [0.25, 0.3) is 0 Å². The molecule has 0 saturated carbocycles. The first kappa shape index (κ1) is 17.7. The summed E-state index contributed by atoms with van der Waals surface area (Å²) in [6.45, 7) is 5.99. The van der Waals surface area contributed by atoms with Crippen LogP contribution in [0.3, 0.4) is 0 Å². The number of carbonyl (C=O) groups is 1. The predicted molar refractivity (Wildman–Crippen MR) is 105 cm³/mol. The lowest BCUT2D eigenvalue weighted by molar-refractivity contribution is -0.141. The minimum Gasteiger partial charge on any atom is -0.339 e. The number of likely N-dealkylation sites (tertiary alicyclic amines) is 2. The molecule has 2 fully saturated rings. The lowest BCUT2D eigenvalue weighted by Gasteiger charge is -2.47. The molecule has 2 unspecified atom stereocenters. The molecule has 26 heavy (non-hydrogen) atoms. The lowest BCUT2D eigenvalue weighted by atomic mass is 9.83. The first-order valence-electron chi connectivity index (χ1n) is 9.66. The predicted octanol–water partition coefficient (Wildman–Crippen LogP) is 3.51. The highest BCUT2D eigenvalue weighted by Crippen LogP contribution is 2.32. The monoisotopic (exact) mass is 369 g/mol. The summed E-state index contributed by atoms with van der Waals surface area (Å²) < 4.78 is 0. The fraction of sp³-hybridized carbons (Fsp3) is 0.524. The van der Waals surface area contributed by atoms with Crippen molar-refractivity contribution in [1.82, 2.24) is 14.8 Å². The highest BCUT2D eigenvalue weighted by molar-refractivity contribution is 7.09. The van der Waals surface area contributed by atoms with Gasteiger partial charge in [0.05, 0.1) is 5.69 Å². The Morgan fingerprint density at radius 1 is 1.23 bits per heavy atom. The standard InChI is InChI=1S/C21H27N3OS/c1-16-4-2-5-18(22-16)15-23-11-10-20-17(14-23)7-8-21(25)24(20)12-9-19-6-3-13-26-19/h2-6,13,17,20H,7-12,14-15H2,1H3. The van der Waals surface area contributed by atoms with Crippen molar-refractivity contribution in [3.05, 3.63) is 52.0 Å². The Morgan fingerprint density at radius 2 is 2.15 bits per heavy atom. The van der Waals surface area contributed by atoms with Crippen LogP contribution < -0.4 is 0 Å². The number of fused-ring (bicyclic) bond motifs is 1. The summed E-state index contributed by atoms with van der Waals surface area (Å²) in [6.07, 6.45) is 3.83. The van der Waals surface area contributed by atoms with E-state index < -0.39 is 0 Å². The van der Waals surface area contributed by atoms with Crippen molar-refractivity contribution in [2.45, 2.75) is 45.2 Å². The zero-order valence-electron chi connectivity index (χ0n) is 15.4. The highest BCUT2D eigenvalue weighted by atomic mass is 32.1. The second kappa shape index (κ2) is 7.89. The van der Waals surface area contributed by atoms with Gasteiger partial charge in [-0.25, -0.2) is 0 Å². The second-order valence-electron chi connectivity index (χ2n) is 7.58. The molecule has 0 bridgehead atoms. The number of aryl methyl sites for hydroxylation is 1. The molecular formula is C21H27N3OS. The van der Waals surface area contributed by atoms with E-state index in [-0.39, 0.29) is 0 Å². The van der Waals surface area contributed by atoms with Crippen molar-refractivity contribution >= 4 is 17.2 Å². The third-order valence-electron chi connectivity index (χ3n) is 5.74. The maximum atomic E-state index is 12.5. The van der Waals surface area contributed by atoms with E-state index in [2.05, 4.69) is 44.4 Å². The number of amides is 1. The number of carbonyl (C=O) groups excluding carboxylic acids is 1. The highest BCUT2D eigenvalue weighted by Gasteiger charge is 2.38. The van der Waals surface area contributed by atoms with E-state index in [1.807, 2.05) is 13.0 Å². The van der Waals surface area contributed by atoms with Crippen LogP contribution in [0.25, 0.3) is 0 Å². The van der Waals surface area contributed by atoms with E-state index in [4.69, 9.17) is 0 Å². The summed E-state index contributed by atoms with van der Waals surface area (Å²) in [5.41, 5.74) is 2.24. The number of piperidine rings is 2. The SMILES string of the molecule is Cc1cccc(CN2CCC3C(CCC(=O)N3CCc3cccs3)C2)n1. The topological polar surface area (TPSA) is 36.4 Å². The molecule has 5 heteroatoms. The molecule has 2 aliphatic rings. The number of hydrogen-bond donors (Lipinski definition) is 0. The molecule has 4 nitrogen and oxygen atoms in total. The molecular weight excluding hydrogens is 342 g/mol. The number of nitrogens with zero attached hydrogens (tertiary/aromatic N) is 3. The van der Waals surface area contributed by atoms with Gasteiger partial charge in [-0.15, -0.1) is 11.3 Å². The van der Waals surface area contributed by atoms with Gasteiger partial charge >= 0.3 is 0 Å². The van der Waals surface area contributed by atoms with E-state index in [0.717, 1.165) is 56.8 Å². The summed E-state index contributed by atoms with van der Waals surface area (Å²) >= 11 is 1.79. The molecule has 2 aromatic rings. The van der Waals surface area contributed by atoms with Crippen molar-refractivity contribution in [3.63, 3.8) is 0 Å². The number of thiophene rings is 1. The first-order valence-corrected chi connectivity index (χ1v) is 10.5. The normalized spacial score (nSPS) is 23.9. The van der Waals surface area contributed by atoms with Crippen LogP contribution >= 0.6 is 11.3 Å². The quantitative estimate of drug-likeness (QED) is 0.809. The first-order chi connectivity index (χ1) is 12.7. The summed E-state index contributed by atoms with van der Waals surface area (Å²) in [6, 6.07) is 11.0. The molecule has 0 N–H and O–H groups in total. The van der Waals surface area contributed by atoms with Gasteiger partial charge in [-0.1, -0.05) is 12.1 Å². The third-order valence-corrected chi connectivity index (χ3v) is 6.67. The summed E-state index contributed by atoms with van der Waals surface area (Å²) in [7, 11) is 0. The van der Waals surface area contributed by atoms with E-state index in [1.54, 1.807) is 11.3 Å². The smallest absolute Gasteiger partial charge is 0.222 e. The van der Waals surface area contributed by atoms with E-state index >= 15 is 0 Å². The van der Waals surface area contributed by atoms with Crippen LogP contribution in [0.4, 0.5) is 0 Å². The van der Waals surface area contributed by atoms with Crippen LogP contribution in [0.15, 0.2) is 35.7 Å². The van der Waals surface area contributed by atoms with Crippen molar-refractivity contribution < 1.29 is 4.79 Å². The Labute approximate surface area is 159 Å². The Kier molecular flexibility index (Phi) is 5.36. The molecule has 4 rings (SSSR count). The van der Waals surface area contributed by atoms with Crippen LogP contribution in [0.2, 0.25) is 0 Å². The van der Waals surface area contributed by atoms with Gasteiger partial charge in [0, 0.05) is 49.2 Å². The van der Waals surface area contributed by atoms with Gasteiger partial charge in [0.15, 0.2) is 0 Å². The molecule has 0 aliphatic carbocycles. The zero-order valence-corrected chi connectivity index (χ0v) is 16.3. The number of hydrogen-bond acceptors (Lipinski definition) is 4. The number of pyridine rings is 1. The third kappa shape index (κ3) is 3.99. The summed E-state index contributed by atoms with van der Waals surface area (Å²) in [5.74, 6) is 0.964. The van der Waals surface area contributed by atoms with Crippen LogP contribution in [0.5, 0.6) is 0 Å². The van der Waals surface area contributed by atoms with Crippen LogP contribution in [0, 0.1) is 12.8 Å². The molecule has 138 valence electrons. The largest absolute Gasteiger partial charge is 0.339 e. The Hall–Kier alpha value is -1.72. The maximum absolute atomic E-state index is 12.5. The van der Waals surface area contributed by atoms with Crippen LogP contribution in [-0.4, -0.2) is 46.4 Å². The fourth-order valence-electron chi connectivity index (χ4n) is 4.46. The molecule has 0 spiro atoms. The van der Waals surface area contributed by atoms with Gasteiger partial charge in [-0.3, -0.25) is 14.7 Å². The minimum absolute atomic E-state index is 0.358. The van der Waals surface area contributed by atoms with Crippen molar-refractivity contribution in [1.29, 1.82) is 0 Å². The number of aromatic nitrogens is 1. The van der Waals surface area contributed by atoms with E-state index in [9.17, 15) is 4.79 Å². The Morgan fingerprint density at radius 3 is 2.96 bits per heavy atom. The van der Waals surface area contributed by atoms with Crippen LogP contribution in [0.1, 0.15) is 35.5 Å². The fourth-order valence-corrected chi connectivity index (χ4v) is 5.16. The maximum Gasteiger partial charge on any atom is 0.222 e. The van der Waals surface area contributed by atoms with Crippen molar-refractivity contribution in [3.8, 4) is 0 Å². The van der Waals surface area contributed by atoms with Crippen molar-refractivity contribution in [2.24, 2.45) is 5.92 Å². The molecule has 2 aliphatic heterocycles. The average Bonchev–Trinajstić information content (AvgIpc) is 3.14. The molecule has 2 saturated heterocycles. The minimum atomic E-state index is 0.358. The van der Waals surface area contributed by atoms with Gasteiger partial charge in [0.2, 0.25) is 5.91 Å². The molecule has 1 amide bonds. The van der Waals surface area contributed by atoms with E-state index in [1.165, 1.54) is 4.88 Å². The van der Waals surface area contributed by atoms with Crippen molar-refractivity contribution in [2.75, 3.05) is 19.6 Å². The summed E-state index contributed by atoms with van der Waals surface area (Å²) in [4.78, 5) is 23.3. The molecule has 2 atom stereocenters. The zero-order chi connectivity index (χ0) is 17.9. The Balaban J connectivity index is 1.37. The molecule has 0 aromatic carbocycles. The molecule has 2 aromatic heterocycles. The van der Waals surface area contributed by atoms with E-state index in [0.29, 0.717) is 24.3 Å². The lowest BCUT2D eigenvalue weighted by Crippen LogP contribution is -2.56. The molecule has 0 radical (unpaired) electrons. The van der Waals surface area contributed by atoms with Gasteiger partial charge in [-0.05, 0) is 55.7 Å². The summed E-state index contributed by atoms with van der Waals surface area (Å²) in [5, 5.41) is 2.12. The second-order valence-corrected chi connectivity index (χ2v) is 8.61. The van der Waals surface area contributed by atoms with Crippen LogP contribution in [-0.2, 0) is 17.8 Å². The average molecular weight is 370 g/mol. The van der Waals surface area contributed by atoms with Gasteiger partial charge in [0.1, 0.15) is 0 Å². The number of rotatable bonds is 5. The molecule has 4 heterocycles. The van der Waals surface area contributed by atoms with Gasteiger partial charge < -0.3 is 4.90 Å². The Bertz CT molecular complexity index is 745. The van der Waals surface area contributed by atoms with Gasteiger partial charge in [-0.2, -0.15) is 0 Å².